The molecule has 0 radical (unpaired) electrons. The normalized spacial score (nSPS) is 10.4. The van der Waals surface area contributed by atoms with Gasteiger partial charge < -0.3 is 5.32 Å². The fourth-order valence-electron chi connectivity index (χ4n) is 1.51. The number of halogens is 4. The van der Waals surface area contributed by atoms with Crippen LogP contribution in [0.2, 0.25) is 10.0 Å². The zero-order chi connectivity index (χ0) is 13.1. The summed E-state index contributed by atoms with van der Waals surface area (Å²) in [5.41, 5.74) is 2.09. The lowest BCUT2D eigenvalue weighted by Gasteiger charge is -2.11. The van der Waals surface area contributed by atoms with E-state index in [1.54, 1.807) is 6.07 Å². The highest BCUT2D eigenvalue weighted by Crippen LogP contribution is 2.31. The van der Waals surface area contributed by atoms with Crippen LogP contribution < -0.4 is 5.32 Å². The standard InChI is InChI=1S/C13H9Br2Cl2N/c14-9-2-1-3-10(15)13(9)18-7-8-4-5-11(16)12(17)6-8/h1-6,18H,7H2. The van der Waals surface area contributed by atoms with Crippen LogP contribution in [0, 0.1) is 0 Å². The molecule has 0 aliphatic rings. The number of hydrogen-bond acceptors (Lipinski definition) is 1. The summed E-state index contributed by atoms with van der Waals surface area (Å²) in [4.78, 5) is 0. The lowest BCUT2D eigenvalue weighted by atomic mass is 10.2. The van der Waals surface area contributed by atoms with Crippen molar-refractivity contribution in [1.82, 2.24) is 0 Å². The Bertz CT molecular complexity index is 553. The Kier molecular flexibility index (Phi) is 4.96. The third-order valence-electron chi connectivity index (χ3n) is 2.42. The molecule has 0 saturated carbocycles. The van der Waals surface area contributed by atoms with Gasteiger partial charge in [-0.3, -0.25) is 0 Å². The minimum Gasteiger partial charge on any atom is -0.379 e. The van der Waals surface area contributed by atoms with E-state index in [0.29, 0.717) is 16.6 Å². The largest absolute Gasteiger partial charge is 0.379 e. The average Bonchev–Trinajstić information content (AvgIpc) is 2.33. The Hall–Kier alpha value is -0.220. The zero-order valence-electron chi connectivity index (χ0n) is 9.18. The molecule has 2 aromatic carbocycles. The van der Waals surface area contributed by atoms with Gasteiger partial charge in [-0.2, -0.15) is 0 Å². The van der Waals surface area contributed by atoms with Crippen molar-refractivity contribution in [3.8, 4) is 0 Å². The lowest BCUT2D eigenvalue weighted by Crippen LogP contribution is -2.00. The summed E-state index contributed by atoms with van der Waals surface area (Å²) >= 11 is 18.9. The molecule has 1 nitrogen and oxygen atoms in total. The Morgan fingerprint density at radius 1 is 0.944 bits per heavy atom. The molecule has 2 rings (SSSR count). The summed E-state index contributed by atoms with van der Waals surface area (Å²) in [6, 6.07) is 11.6. The number of rotatable bonds is 3. The van der Waals surface area contributed by atoms with Gasteiger partial charge in [0.25, 0.3) is 0 Å². The summed E-state index contributed by atoms with van der Waals surface area (Å²) in [6.07, 6.45) is 0. The third kappa shape index (κ3) is 3.41. The third-order valence-corrected chi connectivity index (χ3v) is 4.48. The molecular weight excluding hydrogens is 401 g/mol. The van der Waals surface area contributed by atoms with Crippen LogP contribution in [0.25, 0.3) is 0 Å². The average molecular weight is 410 g/mol. The number of anilines is 1. The molecule has 0 amide bonds. The van der Waals surface area contributed by atoms with Crippen LogP contribution in [0.4, 0.5) is 5.69 Å². The molecule has 0 atom stereocenters. The summed E-state index contributed by atoms with van der Waals surface area (Å²) in [5, 5.41) is 4.49. The van der Waals surface area contributed by atoms with Crippen molar-refractivity contribution in [1.29, 1.82) is 0 Å². The molecule has 0 spiro atoms. The maximum Gasteiger partial charge on any atom is 0.0631 e. The summed E-state index contributed by atoms with van der Waals surface area (Å²) < 4.78 is 2.02. The highest BCUT2D eigenvalue weighted by Gasteiger charge is 2.05. The molecule has 5 heteroatoms. The monoisotopic (exact) mass is 407 g/mol. The second-order valence-corrected chi connectivity index (χ2v) is 6.22. The Balaban J connectivity index is 2.14. The fourth-order valence-corrected chi connectivity index (χ4v) is 3.11. The molecule has 0 aliphatic heterocycles. The smallest absolute Gasteiger partial charge is 0.0631 e. The van der Waals surface area contributed by atoms with Crippen LogP contribution in [0.15, 0.2) is 45.3 Å². The molecule has 94 valence electrons. The lowest BCUT2D eigenvalue weighted by molar-refractivity contribution is 1.14. The van der Waals surface area contributed by atoms with Crippen molar-refractivity contribution in [2.45, 2.75) is 6.54 Å². The van der Waals surface area contributed by atoms with Crippen molar-refractivity contribution in [3.63, 3.8) is 0 Å². The van der Waals surface area contributed by atoms with Crippen molar-refractivity contribution in [3.05, 3.63) is 61.0 Å². The number of hydrogen-bond donors (Lipinski definition) is 1. The van der Waals surface area contributed by atoms with Crippen molar-refractivity contribution >= 4 is 60.7 Å². The van der Waals surface area contributed by atoms with Gasteiger partial charge in [0.15, 0.2) is 0 Å². The van der Waals surface area contributed by atoms with E-state index in [1.165, 1.54) is 0 Å². The first-order chi connectivity index (χ1) is 8.58. The molecule has 2 aromatic rings. The topological polar surface area (TPSA) is 12.0 Å². The first-order valence-corrected chi connectivity index (χ1v) is 7.54. The van der Waals surface area contributed by atoms with Gasteiger partial charge in [-0.1, -0.05) is 35.3 Å². The van der Waals surface area contributed by atoms with Crippen LogP contribution >= 0.6 is 55.1 Å². The minimum absolute atomic E-state index is 0.571. The first-order valence-electron chi connectivity index (χ1n) is 5.20. The van der Waals surface area contributed by atoms with E-state index >= 15 is 0 Å². The molecule has 18 heavy (non-hydrogen) atoms. The van der Waals surface area contributed by atoms with Gasteiger partial charge in [0.2, 0.25) is 0 Å². The Morgan fingerprint density at radius 3 is 2.22 bits per heavy atom. The van der Waals surface area contributed by atoms with E-state index in [4.69, 9.17) is 23.2 Å². The van der Waals surface area contributed by atoms with Crippen molar-refractivity contribution in [2.24, 2.45) is 0 Å². The molecule has 0 bridgehead atoms. The summed E-state index contributed by atoms with van der Waals surface area (Å²) in [7, 11) is 0. The highest BCUT2D eigenvalue weighted by molar-refractivity contribution is 9.11. The van der Waals surface area contributed by atoms with Gasteiger partial charge in [-0.05, 0) is 61.7 Å². The maximum absolute atomic E-state index is 5.98. The SMILES string of the molecule is Clc1ccc(CNc2c(Br)cccc2Br)cc1Cl. The van der Waals surface area contributed by atoms with Crippen LogP contribution in [-0.2, 0) is 6.54 Å². The van der Waals surface area contributed by atoms with E-state index in [1.807, 2.05) is 30.3 Å². The minimum atomic E-state index is 0.571. The van der Waals surface area contributed by atoms with E-state index in [9.17, 15) is 0 Å². The number of para-hydroxylation sites is 1. The van der Waals surface area contributed by atoms with Gasteiger partial charge in [0, 0.05) is 15.5 Å². The quantitative estimate of drug-likeness (QED) is 0.642. The molecule has 0 unspecified atom stereocenters. The fraction of sp³-hybridized carbons (Fsp3) is 0.0769. The Labute approximate surface area is 133 Å². The maximum atomic E-state index is 5.98. The van der Waals surface area contributed by atoms with E-state index in [2.05, 4.69) is 37.2 Å². The molecule has 0 aliphatic carbocycles. The van der Waals surface area contributed by atoms with Gasteiger partial charge in [-0.25, -0.2) is 0 Å². The number of benzene rings is 2. The molecule has 1 N–H and O–H groups in total. The summed E-state index contributed by atoms with van der Waals surface area (Å²) in [6.45, 7) is 0.679. The first kappa shape index (κ1) is 14.2. The van der Waals surface area contributed by atoms with Gasteiger partial charge in [-0.15, -0.1) is 0 Å². The second-order valence-electron chi connectivity index (χ2n) is 3.70. The van der Waals surface area contributed by atoms with Crippen LogP contribution in [0.5, 0.6) is 0 Å². The zero-order valence-corrected chi connectivity index (χ0v) is 13.9. The van der Waals surface area contributed by atoms with Gasteiger partial charge in [0.05, 0.1) is 15.7 Å². The second kappa shape index (κ2) is 6.29. The Morgan fingerprint density at radius 2 is 1.61 bits per heavy atom. The number of nitrogens with one attached hydrogen (secondary N) is 1. The van der Waals surface area contributed by atoms with Crippen molar-refractivity contribution < 1.29 is 0 Å². The van der Waals surface area contributed by atoms with Gasteiger partial charge >= 0.3 is 0 Å². The molecular formula is C13H9Br2Cl2N. The summed E-state index contributed by atoms with van der Waals surface area (Å²) in [5.74, 6) is 0. The molecule has 0 aromatic heterocycles. The van der Waals surface area contributed by atoms with Crippen LogP contribution in [0.1, 0.15) is 5.56 Å². The van der Waals surface area contributed by atoms with Gasteiger partial charge in [0.1, 0.15) is 0 Å². The molecule has 0 saturated heterocycles. The molecule has 0 heterocycles. The predicted octanol–water partition coefficient (Wildman–Crippen LogP) is 6.13. The van der Waals surface area contributed by atoms with E-state index < -0.39 is 0 Å². The van der Waals surface area contributed by atoms with E-state index in [-0.39, 0.29) is 0 Å². The van der Waals surface area contributed by atoms with Crippen molar-refractivity contribution in [2.75, 3.05) is 5.32 Å². The predicted molar refractivity (Wildman–Crippen MR) is 85.6 cm³/mol. The van der Waals surface area contributed by atoms with E-state index in [0.717, 1.165) is 20.2 Å². The van der Waals surface area contributed by atoms with Crippen LogP contribution in [-0.4, -0.2) is 0 Å². The molecule has 0 fully saturated rings. The highest BCUT2D eigenvalue weighted by atomic mass is 79.9. The van der Waals surface area contributed by atoms with Crippen LogP contribution in [0.3, 0.4) is 0 Å².